The van der Waals surface area contributed by atoms with Gasteiger partial charge in [-0.05, 0) is 61.6 Å². The maximum absolute atomic E-state index is 13.1. The molecular formula is C24H28N5O4+. The van der Waals surface area contributed by atoms with Gasteiger partial charge in [0.15, 0.2) is 11.0 Å². The van der Waals surface area contributed by atoms with E-state index in [4.69, 9.17) is 4.74 Å². The quantitative estimate of drug-likeness (QED) is 0.464. The van der Waals surface area contributed by atoms with Crippen molar-refractivity contribution in [3.63, 3.8) is 0 Å². The number of aromatic amines is 1. The summed E-state index contributed by atoms with van der Waals surface area (Å²) in [6.07, 6.45) is 3.98. The number of nitrogens with zero attached hydrogens (tertiary/aromatic N) is 4. The Balaban J connectivity index is 1.18. The highest BCUT2D eigenvalue weighted by atomic mass is 16.5. The number of piperidine rings is 1. The molecule has 33 heavy (non-hydrogen) atoms. The van der Waals surface area contributed by atoms with Crippen LogP contribution < -0.4 is 25.6 Å². The Morgan fingerprint density at radius 3 is 2.55 bits per heavy atom. The number of methoxy groups -OCH3 is 1. The van der Waals surface area contributed by atoms with Gasteiger partial charge in [-0.2, -0.15) is 0 Å². The predicted octanol–water partition coefficient (Wildman–Crippen LogP) is -0.653. The number of carbonyl (C=O) groups excluding carboxylic acids is 2. The zero-order valence-corrected chi connectivity index (χ0v) is 18.9. The second-order valence-corrected chi connectivity index (χ2v) is 8.96. The Kier molecular flexibility index (Phi) is 5.57. The van der Waals surface area contributed by atoms with Gasteiger partial charge in [0.25, 0.3) is 5.56 Å². The fourth-order valence-corrected chi connectivity index (χ4v) is 5.03. The van der Waals surface area contributed by atoms with Gasteiger partial charge in [0.05, 0.1) is 20.2 Å². The molecule has 0 spiro atoms. The summed E-state index contributed by atoms with van der Waals surface area (Å²) in [7, 11) is 3.45. The van der Waals surface area contributed by atoms with Crippen LogP contribution in [0, 0.1) is 5.92 Å². The van der Waals surface area contributed by atoms with E-state index >= 15 is 0 Å². The van der Waals surface area contributed by atoms with E-state index < -0.39 is 0 Å². The van der Waals surface area contributed by atoms with Crippen LogP contribution in [-0.2, 0) is 11.3 Å². The monoisotopic (exact) mass is 450 g/mol. The molecule has 1 aromatic carbocycles. The maximum Gasteiger partial charge on any atom is 0.341 e. The number of hydrogen-bond acceptors (Lipinski definition) is 6. The molecule has 0 saturated carbocycles. The molecule has 2 aromatic rings. The lowest BCUT2D eigenvalue weighted by molar-refractivity contribution is -0.133. The SMILES string of the molecule is COc1ccc(C(=O)C2CCN(C3CCN(Cc4nc5c(c(=O)[nH]4)=C[N+]=5C)C3=O)CC2)cc1. The van der Waals surface area contributed by atoms with Gasteiger partial charge in [-0.3, -0.25) is 24.3 Å². The minimum Gasteiger partial charge on any atom is -0.497 e. The van der Waals surface area contributed by atoms with E-state index in [0.717, 1.165) is 38.1 Å². The molecule has 1 unspecified atom stereocenters. The van der Waals surface area contributed by atoms with Crippen molar-refractivity contribution in [3.05, 3.63) is 56.7 Å². The molecule has 1 amide bonds. The van der Waals surface area contributed by atoms with E-state index in [1.54, 1.807) is 22.8 Å². The van der Waals surface area contributed by atoms with Gasteiger partial charge in [-0.1, -0.05) is 0 Å². The second kappa shape index (κ2) is 8.55. The number of fused-ring (bicyclic) bond motifs is 1. The molecule has 3 aliphatic rings. The third-order valence-corrected chi connectivity index (χ3v) is 6.97. The van der Waals surface area contributed by atoms with Crippen molar-refractivity contribution in [2.75, 3.05) is 33.8 Å². The molecule has 172 valence electrons. The Hall–Kier alpha value is -3.33. The number of carbonyl (C=O) groups is 2. The van der Waals surface area contributed by atoms with Crippen LogP contribution in [-0.4, -0.2) is 71.3 Å². The standard InChI is InChI=1S/C24H27N5O4/c1-27-13-18-22(27)25-20(26-23(18)31)14-29-12-9-19(24(29)32)28-10-7-16(8-11-28)21(30)15-3-5-17(33-2)6-4-15/h3-6,13,16,19H,7-12,14H2,1-2H3/p+1. The molecule has 5 rings (SSSR count). The second-order valence-electron chi connectivity index (χ2n) is 8.96. The van der Waals surface area contributed by atoms with Crippen molar-refractivity contribution in [3.8, 4) is 5.75 Å². The van der Waals surface area contributed by atoms with E-state index in [9.17, 15) is 14.4 Å². The van der Waals surface area contributed by atoms with Crippen LogP contribution in [0.15, 0.2) is 29.1 Å². The van der Waals surface area contributed by atoms with Crippen molar-refractivity contribution in [1.82, 2.24) is 24.3 Å². The summed E-state index contributed by atoms with van der Waals surface area (Å²) in [5, 5.41) is 0.582. The van der Waals surface area contributed by atoms with Crippen LogP contribution >= 0.6 is 0 Å². The number of nitrogens with one attached hydrogen (secondary N) is 1. The maximum atomic E-state index is 13.1. The van der Waals surface area contributed by atoms with Crippen LogP contribution in [0.5, 0.6) is 5.75 Å². The highest BCUT2D eigenvalue weighted by Crippen LogP contribution is 2.27. The third kappa shape index (κ3) is 3.97. The topological polar surface area (TPSA) is 98.6 Å². The van der Waals surface area contributed by atoms with Gasteiger partial charge in [0.1, 0.15) is 18.5 Å². The number of likely N-dealkylation sites (tertiary alicyclic amines) is 2. The lowest BCUT2D eigenvalue weighted by Gasteiger charge is -2.34. The van der Waals surface area contributed by atoms with Crippen LogP contribution in [0.3, 0.4) is 0 Å². The number of ether oxygens (including phenoxy) is 1. The minimum atomic E-state index is -0.170. The summed E-state index contributed by atoms with van der Waals surface area (Å²) < 4.78 is 6.97. The smallest absolute Gasteiger partial charge is 0.341 e. The summed E-state index contributed by atoms with van der Waals surface area (Å²) >= 11 is 0. The van der Waals surface area contributed by atoms with E-state index in [1.165, 1.54) is 0 Å². The van der Waals surface area contributed by atoms with E-state index in [1.807, 2.05) is 31.3 Å². The fourth-order valence-electron chi connectivity index (χ4n) is 5.03. The number of hydrogen-bond donors (Lipinski definition) is 1. The number of H-pyrrole nitrogens is 1. The van der Waals surface area contributed by atoms with E-state index in [2.05, 4.69) is 14.9 Å². The minimum absolute atomic E-state index is 0.0206. The fraction of sp³-hybridized carbons (Fsp3) is 0.458. The summed E-state index contributed by atoms with van der Waals surface area (Å²) in [5.74, 6) is 1.46. The van der Waals surface area contributed by atoms with Gasteiger partial charge in [-0.25, -0.2) is 4.58 Å². The summed E-state index contributed by atoms with van der Waals surface area (Å²) in [6.45, 7) is 2.39. The first kappa shape index (κ1) is 21.5. The molecule has 1 N–H and O–H groups in total. The Labute approximate surface area is 191 Å². The molecule has 0 bridgehead atoms. The van der Waals surface area contributed by atoms with Gasteiger partial charge in [0, 0.05) is 18.0 Å². The summed E-state index contributed by atoms with van der Waals surface area (Å²) in [5.41, 5.74) is 1.20. The largest absolute Gasteiger partial charge is 0.497 e. The molecule has 1 aromatic heterocycles. The Morgan fingerprint density at radius 2 is 1.88 bits per heavy atom. The molecule has 1 atom stereocenters. The third-order valence-electron chi connectivity index (χ3n) is 6.97. The van der Waals surface area contributed by atoms with Crippen molar-refractivity contribution >= 4 is 17.9 Å². The van der Waals surface area contributed by atoms with Crippen molar-refractivity contribution in [2.45, 2.75) is 31.8 Å². The summed E-state index contributed by atoms with van der Waals surface area (Å²) in [6, 6.07) is 7.09. The van der Waals surface area contributed by atoms with E-state index in [0.29, 0.717) is 35.2 Å². The Bertz CT molecular complexity index is 1280. The first-order chi connectivity index (χ1) is 15.9. The highest BCUT2D eigenvalue weighted by Gasteiger charge is 2.39. The van der Waals surface area contributed by atoms with Crippen molar-refractivity contribution < 1.29 is 14.3 Å². The molecule has 3 aliphatic heterocycles. The van der Waals surface area contributed by atoms with Crippen LogP contribution in [0.1, 0.15) is 35.4 Å². The van der Waals surface area contributed by atoms with Crippen LogP contribution in [0.25, 0.3) is 6.20 Å². The first-order valence-corrected chi connectivity index (χ1v) is 11.4. The van der Waals surface area contributed by atoms with Gasteiger partial charge >= 0.3 is 5.49 Å². The molecule has 4 heterocycles. The molecule has 2 saturated heterocycles. The number of Topliss-reactive ketones (excluding diaryl/α,β-unsaturated/α-hetero) is 1. The average Bonchev–Trinajstić information content (AvgIpc) is 3.19. The molecule has 2 fully saturated rings. The van der Waals surface area contributed by atoms with Gasteiger partial charge in [-0.15, -0.1) is 0 Å². The van der Waals surface area contributed by atoms with E-state index in [-0.39, 0.29) is 29.2 Å². The van der Waals surface area contributed by atoms with Crippen LogP contribution in [0.4, 0.5) is 0 Å². The molecule has 9 nitrogen and oxygen atoms in total. The molecule has 0 radical (unpaired) electrons. The lowest BCUT2D eigenvalue weighted by Crippen LogP contribution is -2.57. The molecule has 0 aliphatic carbocycles. The predicted molar refractivity (Wildman–Crippen MR) is 121 cm³/mol. The zero-order valence-electron chi connectivity index (χ0n) is 18.9. The zero-order chi connectivity index (χ0) is 23.1. The number of amides is 1. The Morgan fingerprint density at radius 1 is 1.15 bits per heavy atom. The van der Waals surface area contributed by atoms with Crippen LogP contribution in [0.2, 0.25) is 0 Å². The van der Waals surface area contributed by atoms with Gasteiger partial charge < -0.3 is 9.64 Å². The number of benzene rings is 1. The summed E-state index contributed by atoms with van der Waals surface area (Å²) in [4.78, 5) is 49.4. The van der Waals surface area contributed by atoms with Gasteiger partial charge in [0.2, 0.25) is 11.7 Å². The van der Waals surface area contributed by atoms with Crippen molar-refractivity contribution in [1.29, 1.82) is 0 Å². The molecule has 9 heteroatoms. The number of ketones is 1. The lowest BCUT2D eigenvalue weighted by atomic mass is 9.88. The number of rotatable bonds is 6. The average molecular weight is 451 g/mol. The number of aromatic nitrogens is 2. The normalized spacial score (nSPS) is 20.9. The molecular weight excluding hydrogens is 422 g/mol. The first-order valence-electron chi connectivity index (χ1n) is 11.4. The highest BCUT2D eigenvalue weighted by molar-refractivity contribution is 5.98. The van der Waals surface area contributed by atoms with Crippen molar-refractivity contribution in [2.24, 2.45) is 5.92 Å².